The Morgan fingerprint density at radius 3 is 2.24 bits per heavy atom. The highest BCUT2D eigenvalue weighted by Gasteiger charge is 2.51. The molecule has 0 radical (unpaired) electrons. The van der Waals surface area contributed by atoms with Crippen molar-refractivity contribution in [2.75, 3.05) is 0 Å². The lowest BCUT2D eigenvalue weighted by molar-refractivity contribution is -0.0167. The number of rotatable bonds is 2. The van der Waals surface area contributed by atoms with Crippen molar-refractivity contribution >= 4 is 5.91 Å². The van der Waals surface area contributed by atoms with Crippen molar-refractivity contribution in [2.45, 2.75) is 51.0 Å². The Bertz CT molecular complexity index is 611. The van der Waals surface area contributed by atoms with E-state index in [2.05, 4.69) is 10.3 Å². The van der Waals surface area contributed by atoms with Gasteiger partial charge in [0.15, 0.2) is 0 Å². The van der Waals surface area contributed by atoms with E-state index in [4.69, 9.17) is 0 Å². The molecule has 4 nitrogen and oxygen atoms in total. The van der Waals surface area contributed by atoms with Gasteiger partial charge in [0.25, 0.3) is 11.5 Å². The number of carbonyl (C=O) groups is 1. The average molecular weight is 286 g/mol. The van der Waals surface area contributed by atoms with Gasteiger partial charge in [0.1, 0.15) is 5.56 Å². The fourth-order valence-corrected chi connectivity index (χ4v) is 5.32. The lowest BCUT2D eigenvalue weighted by Gasteiger charge is -2.56. The van der Waals surface area contributed by atoms with Gasteiger partial charge >= 0.3 is 0 Å². The Kier molecular flexibility index (Phi) is 2.78. The highest BCUT2D eigenvalue weighted by atomic mass is 16.2. The SMILES string of the molecule is Cc1ccc(C(=O)NC23CC4CC(CC(C4)C2)C3)c(=O)[nH]1. The van der Waals surface area contributed by atoms with Gasteiger partial charge in [-0.05, 0) is 75.3 Å². The zero-order valence-electron chi connectivity index (χ0n) is 12.4. The van der Waals surface area contributed by atoms with E-state index < -0.39 is 0 Å². The number of aromatic amines is 1. The van der Waals surface area contributed by atoms with E-state index in [0.717, 1.165) is 42.7 Å². The predicted molar refractivity (Wildman–Crippen MR) is 80.2 cm³/mol. The maximum absolute atomic E-state index is 12.5. The highest BCUT2D eigenvalue weighted by Crippen LogP contribution is 2.55. The summed E-state index contributed by atoms with van der Waals surface area (Å²) in [5.74, 6) is 2.16. The van der Waals surface area contributed by atoms with Crippen molar-refractivity contribution in [2.24, 2.45) is 17.8 Å². The quantitative estimate of drug-likeness (QED) is 0.877. The maximum atomic E-state index is 12.5. The Morgan fingerprint density at radius 2 is 1.71 bits per heavy atom. The monoisotopic (exact) mass is 286 g/mol. The molecule has 0 unspecified atom stereocenters. The Balaban J connectivity index is 1.58. The molecule has 4 fully saturated rings. The molecule has 112 valence electrons. The van der Waals surface area contributed by atoms with Gasteiger partial charge in [-0.1, -0.05) is 0 Å². The van der Waals surface area contributed by atoms with E-state index in [9.17, 15) is 9.59 Å². The summed E-state index contributed by atoms with van der Waals surface area (Å²) in [4.78, 5) is 27.2. The molecule has 1 aromatic rings. The lowest BCUT2D eigenvalue weighted by atomic mass is 9.53. The number of hydrogen-bond donors (Lipinski definition) is 2. The third-order valence-electron chi connectivity index (χ3n) is 5.72. The number of pyridine rings is 1. The van der Waals surface area contributed by atoms with E-state index >= 15 is 0 Å². The summed E-state index contributed by atoms with van der Waals surface area (Å²) < 4.78 is 0. The summed E-state index contributed by atoms with van der Waals surface area (Å²) in [6, 6.07) is 3.43. The molecule has 21 heavy (non-hydrogen) atoms. The fraction of sp³-hybridized carbons (Fsp3) is 0.647. The molecule has 0 spiro atoms. The molecular formula is C17H22N2O2. The molecule has 2 N–H and O–H groups in total. The molecule has 1 heterocycles. The number of hydrogen-bond acceptors (Lipinski definition) is 2. The van der Waals surface area contributed by atoms with Crippen LogP contribution in [0.2, 0.25) is 0 Å². The number of H-pyrrole nitrogens is 1. The highest BCUT2D eigenvalue weighted by molar-refractivity contribution is 5.94. The van der Waals surface area contributed by atoms with E-state index in [1.807, 2.05) is 6.92 Å². The minimum absolute atomic E-state index is 0.0385. The van der Waals surface area contributed by atoms with Crippen molar-refractivity contribution in [3.8, 4) is 0 Å². The van der Waals surface area contributed by atoms with Crippen LogP contribution in [0.15, 0.2) is 16.9 Å². The largest absolute Gasteiger partial charge is 0.346 e. The number of nitrogens with one attached hydrogen (secondary N) is 2. The molecule has 0 aromatic carbocycles. The topological polar surface area (TPSA) is 62.0 Å². The van der Waals surface area contributed by atoms with Crippen LogP contribution in [0.1, 0.15) is 54.6 Å². The van der Waals surface area contributed by atoms with Gasteiger partial charge in [0.2, 0.25) is 0 Å². The molecule has 0 atom stereocenters. The molecule has 1 amide bonds. The van der Waals surface area contributed by atoms with Crippen LogP contribution in [0.5, 0.6) is 0 Å². The molecule has 1 aromatic heterocycles. The van der Waals surface area contributed by atoms with Crippen LogP contribution in [0.25, 0.3) is 0 Å². The first-order valence-electron chi connectivity index (χ1n) is 8.05. The Morgan fingerprint density at radius 1 is 1.14 bits per heavy atom. The first kappa shape index (κ1) is 13.1. The zero-order chi connectivity index (χ0) is 14.6. The smallest absolute Gasteiger partial charge is 0.260 e. The van der Waals surface area contributed by atoms with Gasteiger partial charge < -0.3 is 10.3 Å². The molecule has 5 rings (SSSR count). The molecule has 4 heteroatoms. The van der Waals surface area contributed by atoms with Crippen molar-refractivity contribution < 1.29 is 4.79 Å². The van der Waals surface area contributed by atoms with Crippen LogP contribution in [0.3, 0.4) is 0 Å². The second-order valence-corrected chi connectivity index (χ2v) is 7.54. The fourth-order valence-electron chi connectivity index (χ4n) is 5.32. The van der Waals surface area contributed by atoms with Crippen molar-refractivity contribution in [3.05, 3.63) is 33.7 Å². The second kappa shape index (κ2) is 4.46. The Labute approximate surface area is 124 Å². The molecule has 0 aliphatic heterocycles. The minimum atomic E-state index is -0.280. The summed E-state index contributed by atoms with van der Waals surface area (Å²) in [6.07, 6.45) is 7.36. The third-order valence-corrected chi connectivity index (χ3v) is 5.72. The van der Waals surface area contributed by atoms with Crippen LogP contribution < -0.4 is 10.9 Å². The number of aryl methyl sites for hydroxylation is 1. The van der Waals surface area contributed by atoms with Gasteiger partial charge in [0, 0.05) is 11.2 Å². The van der Waals surface area contributed by atoms with Crippen LogP contribution >= 0.6 is 0 Å². The molecular weight excluding hydrogens is 264 g/mol. The maximum Gasteiger partial charge on any atom is 0.260 e. The second-order valence-electron chi connectivity index (χ2n) is 7.54. The van der Waals surface area contributed by atoms with Crippen molar-refractivity contribution in [1.29, 1.82) is 0 Å². The van der Waals surface area contributed by atoms with Crippen LogP contribution in [-0.4, -0.2) is 16.4 Å². The Hall–Kier alpha value is -1.58. The normalized spacial score (nSPS) is 36.7. The average Bonchev–Trinajstić information content (AvgIpc) is 2.35. The van der Waals surface area contributed by atoms with E-state index in [1.165, 1.54) is 19.3 Å². The van der Waals surface area contributed by atoms with Crippen molar-refractivity contribution in [1.82, 2.24) is 10.3 Å². The zero-order valence-corrected chi connectivity index (χ0v) is 12.4. The first-order valence-corrected chi connectivity index (χ1v) is 8.05. The van der Waals surface area contributed by atoms with Crippen LogP contribution in [-0.2, 0) is 0 Å². The van der Waals surface area contributed by atoms with Gasteiger partial charge in [-0.15, -0.1) is 0 Å². The van der Waals surface area contributed by atoms with E-state index in [1.54, 1.807) is 12.1 Å². The summed E-state index contributed by atoms with van der Waals surface area (Å²) in [6.45, 7) is 1.82. The van der Waals surface area contributed by atoms with Crippen molar-refractivity contribution in [3.63, 3.8) is 0 Å². The van der Waals surface area contributed by atoms with Crippen LogP contribution in [0.4, 0.5) is 0 Å². The molecule has 4 aliphatic rings. The standard InChI is InChI=1S/C17H22N2O2/c1-10-2-3-14(15(20)18-10)16(21)19-17-7-11-4-12(8-17)6-13(5-11)9-17/h2-3,11-13H,4-9H2,1H3,(H,18,20)(H,19,21). The van der Waals surface area contributed by atoms with Crippen LogP contribution in [0, 0.1) is 24.7 Å². The molecule has 4 aliphatic carbocycles. The van der Waals surface area contributed by atoms with E-state index in [-0.39, 0.29) is 22.6 Å². The third kappa shape index (κ3) is 2.21. The summed E-state index contributed by atoms with van der Waals surface area (Å²) in [7, 11) is 0. The molecule has 0 saturated heterocycles. The predicted octanol–water partition coefficient (Wildman–Crippen LogP) is 2.38. The van der Waals surface area contributed by atoms with Gasteiger partial charge in [-0.3, -0.25) is 9.59 Å². The first-order chi connectivity index (χ1) is 10.0. The number of amides is 1. The minimum Gasteiger partial charge on any atom is -0.346 e. The lowest BCUT2D eigenvalue weighted by Crippen LogP contribution is -2.60. The summed E-state index contributed by atoms with van der Waals surface area (Å²) >= 11 is 0. The summed E-state index contributed by atoms with van der Waals surface area (Å²) in [5.41, 5.74) is 0.711. The van der Waals surface area contributed by atoms with Gasteiger partial charge in [-0.2, -0.15) is 0 Å². The van der Waals surface area contributed by atoms with Gasteiger partial charge in [-0.25, -0.2) is 0 Å². The molecule has 4 bridgehead atoms. The number of aromatic nitrogens is 1. The molecule has 4 saturated carbocycles. The number of carbonyl (C=O) groups excluding carboxylic acids is 1. The van der Waals surface area contributed by atoms with Gasteiger partial charge in [0.05, 0.1) is 0 Å². The summed E-state index contributed by atoms with van der Waals surface area (Å²) in [5, 5.41) is 3.24. The van der Waals surface area contributed by atoms with E-state index in [0.29, 0.717) is 0 Å².